The highest BCUT2D eigenvalue weighted by atomic mass is 32.2. The summed E-state index contributed by atoms with van der Waals surface area (Å²) in [7, 11) is 1.97. The van der Waals surface area contributed by atoms with E-state index in [9.17, 15) is 0 Å². The van der Waals surface area contributed by atoms with Gasteiger partial charge in [0.05, 0.1) is 0 Å². The number of aryl methyl sites for hydroxylation is 1. The third-order valence-electron chi connectivity index (χ3n) is 3.70. The Morgan fingerprint density at radius 1 is 1.47 bits per heavy atom. The molecule has 0 bridgehead atoms. The molecule has 0 saturated carbocycles. The molecule has 0 amide bonds. The Balaban J connectivity index is 2.01. The van der Waals surface area contributed by atoms with Crippen LogP contribution in [0.4, 0.5) is 0 Å². The van der Waals surface area contributed by atoms with Gasteiger partial charge in [-0.2, -0.15) is 28.6 Å². The van der Waals surface area contributed by atoms with Gasteiger partial charge in [0, 0.05) is 41.0 Å². The molecule has 1 N–H and O–H groups in total. The summed E-state index contributed by atoms with van der Waals surface area (Å²) < 4.78 is 1.89. The summed E-state index contributed by atoms with van der Waals surface area (Å²) in [5.74, 6) is 2.30. The first-order chi connectivity index (χ1) is 9.11. The number of rotatable bonds is 5. The van der Waals surface area contributed by atoms with E-state index in [1.165, 1.54) is 5.75 Å². The number of nitrogens with one attached hydrogen (secondary N) is 1. The van der Waals surface area contributed by atoms with Crippen molar-refractivity contribution in [2.45, 2.75) is 49.0 Å². The van der Waals surface area contributed by atoms with Crippen molar-refractivity contribution in [3.63, 3.8) is 0 Å². The molecule has 0 spiro atoms. The Morgan fingerprint density at radius 3 is 2.84 bits per heavy atom. The highest BCUT2D eigenvalue weighted by Crippen LogP contribution is 2.37. The van der Waals surface area contributed by atoms with Crippen molar-refractivity contribution in [2.75, 3.05) is 12.3 Å². The Morgan fingerprint density at radius 2 is 2.26 bits per heavy atom. The van der Waals surface area contributed by atoms with Gasteiger partial charge >= 0.3 is 0 Å². The first kappa shape index (κ1) is 15.2. The van der Waals surface area contributed by atoms with Crippen LogP contribution in [0.15, 0.2) is 6.33 Å². The fourth-order valence-corrected chi connectivity index (χ4v) is 5.45. The quantitative estimate of drug-likeness (QED) is 0.900. The highest BCUT2D eigenvalue weighted by Gasteiger charge is 2.31. The van der Waals surface area contributed by atoms with Crippen LogP contribution in [-0.4, -0.2) is 48.9 Å². The molecule has 1 aromatic heterocycles. The molecule has 1 aromatic rings. The largest absolute Gasteiger partial charge is 0.313 e. The Kier molecular flexibility index (Phi) is 5.59. The van der Waals surface area contributed by atoms with E-state index in [2.05, 4.69) is 59.7 Å². The summed E-state index contributed by atoms with van der Waals surface area (Å²) >= 11 is 4.23. The van der Waals surface area contributed by atoms with Crippen LogP contribution in [-0.2, 0) is 13.5 Å². The van der Waals surface area contributed by atoms with Gasteiger partial charge in [-0.15, -0.1) is 0 Å². The van der Waals surface area contributed by atoms with Gasteiger partial charge in [0.1, 0.15) is 12.2 Å². The van der Waals surface area contributed by atoms with Crippen molar-refractivity contribution in [1.82, 2.24) is 20.1 Å². The van der Waals surface area contributed by atoms with Crippen molar-refractivity contribution in [3.05, 3.63) is 12.2 Å². The van der Waals surface area contributed by atoms with Crippen LogP contribution in [0.3, 0.4) is 0 Å². The van der Waals surface area contributed by atoms with Gasteiger partial charge in [0.15, 0.2) is 0 Å². The number of likely N-dealkylation sites (N-methyl/N-ethyl adjacent to an activating group) is 1. The van der Waals surface area contributed by atoms with Crippen molar-refractivity contribution in [3.8, 4) is 0 Å². The zero-order chi connectivity index (χ0) is 13.8. The maximum atomic E-state index is 4.36. The summed E-state index contributed by atoms with van der Waals surface area (Å²) in [4.78, 5) is 4.36. The van der Waals surface area contributed by atoms with Gasteiger partial charge in [-0.25, -0.2) is 4.98 Å². The van der Waals surface area contributed by atoms with Crippen molar-refractivity contribution in [2.24, 2.45) is 7.05 Å². The minimum absolute atomic E-state index is 0.486. The monoisotopic (exact) mass is 300 g/mol. The summed E-state index contributed by atoms with van der Waals surface area (Å²) in [6.07, 6.45) is 2.61. The van der Waals surface area contributed by atoms with E-state index in [4.69, 9.17) is 0 Å². The van der Waals surface area contributed by atoms with E-state index in [1.807, 2.05) is 11.7 Å². The Labute approximate surface area is 124 Å². The molecule has 1 saturated heterocycles. The zero-order valence-electron chi connectivity index (χ0n) is 12.2. The molecule has 0 radical (unpaired) electrons. The maximum Gasteiger partial charge on any atom is 0.138 e. The third-order valence-corrected chi connectivity index (χ3v) is 7.25. The van der Waals surface area contributed by atoms with Gasteiger partial charge in [0.2, 0.25) is 0 Å². The molecular weight excluding hydrogens is 276 g/mol. The highest BCUT2D eigenvalue weighted by molar-refractivity contribution is 8.07. The minimum Gasteiger partial charge on any atom is -0.313 e. The summed E-state index contributed by atoms with van der Waals surface area (Å²) in [5.41, 5.74) is 0. The van der Waals surface area contributed by atoms with Crippen molar-refractivity contribution >= 4 is 23.5 Å². The van der Waals surface area contributed by atoms with Gasteiger partial charge in [0.25, 0.3) is 0 Å². The van der Waals surface area contributed by atoms with Crippen LogP contribution in [0.1, 0.15) is 26.6 Å². The van der Waals surface area contributed by atoms with Crippen LogP contribution < -0.4 is 5.32 Å². The topological polar surface area (TPSA) is 42.7 Å². The van der Waals surface area contributed by atoms with Crippen LogP contribution in [0.2, 0.25) is 0 Å². The molecule has 6 heteroatoms. The molecule has 4 nitrogen and oxygen atoms in total. The lowest BCUT2D eigenvalue weighted by Gasteiger charge is -2.36. The van der Waals surface area contributed by atoms with E-state index in [0.717, 1.165) is 29.3 Å². The SMILES string of the molecule is CCNC(Cc1ncnn1C)C1CSC(C)C(C)S1. The molecule has 1 fully saturated rings. The van der Waals surface area contributed by atoms with Gasteiger partial charge in [-0.1, -0.05) is 20.8 Å². The van der Waals surface area contributed by atoms with Gasteiger partial charge in [-0.3, -0.25) is 4.68 Å². The van der Waals surface area contributed by atoms with Gasteiger partial charge < -0.3 is 5.32 Å². The standard InChI is InChI=1S/C13H24N4S2/c1-5-14-11(6-13-15-8-16-17(13)4)12-7-18-9(2)10(3)19-12/h8-12,14H,5-7H2,1-4H3. The average molecular weight is 300 g/mol. The molecule has 2 rings (SSSR count). The van der Waals surface area contributed by atoms with E-state index in [0.29, 0.717) is 11.3 Å². The van der Waals surface area contributed by atoms with Crippen LogP contribution >= 0.6 is 23.5 Å². The molecule has 0 aromatic carbocycles. The lowest BCUT2D eigenvalue weighted by atomic mass is 10.1. The van der Waals surface area contributed by atoms with Crippen LogP contribution in [0, 0.1) is 0 Å². The smallest absolute Gasteiger partial charge is 0.138 e. The van der Waals surface area contributed by atoms with E-state index in [1.54, 1.807) is 6.33 Å². The Bertz CT molecular complexity index is 396. The average Bonchev–Trinajstić information content (AvgIpc) is 2.78. The lowest BCUT2D eigenvalue weighted by molar-refractivity contribution is 0.498. The lowest BCUT2D eigenvalue weighted by Crippen LogP contribution is -2.45. The summed E-state index contributed by atoms with van der Waals surface area (Å²) in [5, 5.41) is 9.95. The minimum atomic E-state index is 0.486. The van der Waals surface area contributed by atoms with Crippen molar-refractivity contribution < 1.29 is 0 Å². The second-order valence-corrected chi connectivity index (χ2v) is 8.12. The molecule has 0 aliphatic carbocycles. The number of hydrogen-bond donors (Lipinski definition) is 1. The second kappa shape index (κ2) is 6.99. The normalized spacial score (nSPS) is 29.4. The maximum absolute atomic E-state index is 4.36. The Hall–Kier alpha value is -0.200. The summed E-state index contributed by atoms with van der Waals surface area (Å²) in [6, 6.07) is 0.486. The van der Waals surface area contributed by atoms with Crippen LogP contribution in [0.25, 0.3) is 0 Å². The number of aromatic nitrogens is 3. The number of nitrogens with zero attached hydrogens (tertiary/aromatic N) is 3. The molecule has 1 aliphatic rings. The number of thioether (sulfide) groups is 2. The first-order valence-corrected chi connectivity index (χ1v) is 8.94. The third kappa shape index (κ3) is 3.89. The summed E-state index contributed by atoms with van der Waals surface area (Å²) in [6.45, 7) is 7.87. The predicted octanol–water partition coefficient (Wildman–Crippen LogP) is 1.96. The molecule has 4 unspecified atom stereocenters. The number of hydrogen-bond acceptors (Lipinski definition) is 5. The van der Waals surface area contributed by atoms with E-state index < -0.39 is 0 Å². The van der Waals surface area contributed by atoms with Crippen molar-refractivity contribution in [1.29, 1.82) is 0 Å². The van der Waals surface area contributed by atoms with E-state index >= 15 is 0 Å². The molecule has 4 atom stereocenters. The molecular formula is C13H24N4S2. The van der Waals surface area contributed by atoms with Gasteiger partial charge in [-0.05, 0) is 6.54 Å². The van der Waals surface area contributed by atoms with E-state index in [-0.39, 0.29) is 0 Å². The molecule has 19 heavy (non-hydrogen) atoms. The molecule has 1 aliphatic heterocycles. The predicted molar refractivity (Wildman–Crippen MR) is 84.9 cm³/mol. The molecule has 2 heterocycles. The first-order valence-electron chi connectivity index (χ1n) is 6.95. The fraction of sp³-hybridized carbons (Fsp3) is 0.846. The second-order valence-electron chi connectivity index (χ2n) is 5.09. The van der Waals surface area contributed by atoms with Crippen LogP contribution in [0.5, 0.6) is 0 Å². The fourth-order valence-electron chi connectivity index (χ4n) is 2.32. The molecule has 108 valence electrons. The zero-order valence-corrected chi connectivity index (χ0v) is 13.8.